The molecular formula is C26H28N2O. The second kappa shape index (κ2) is 8.00. The Hall–Kier alpha value is -2.65. The summed E-state index contributed by atoms with van der Waals surface area (Å²) in [5.41, 5.74) is 3.79. The summed E-state index contributed by atoms with van der Waals surface area (Å²) >= 11 is 0. The van der Waals surface area contributed by atoms with Crippen LogP contribution in [0, 0.1) is 5.92 Å². The molecule has 1 aliphatic heterocycles. The van der Waals surface area contributed by atoms with E-state index in [0.29, 0.717) is 12.0 Å². The van der Waals surface area contributed by atoms with Crippen molar-refractivity contribution in [2.45, 2.75) is 31.7 Å². The van der Waals surface area contributed by atoms with Gasteiger partial charge in [-0.25, -0.2) is 0 Å². The van der Waals surface area contributed by atoms with Crippen LogP contribution in [-0.4, -0.2) is 36.5 Å². The number of hydrogen-bond acceptors (Lipinski definition) is 2. The topological polar surface area (TPSA) is 32.3 Å². The highest BCUT2D eigenvalue weighted by Gasteiger charge is 2.30. The van der Waals surface area contributed by atoms with Crippen molar-refractivity contribution >= 4 is 16.7 Å². The number of hydrogen-bond donors (Lipinski definition) is 1. The first-order valence-corrected chi connectivity index (χ1v) is 10.8. The molecule has 1 unspecified atom stereocenters. The second-order valence-corrected chi connectivity index (χ2v) is 8.61. The maximum absolute atomic E-state index is 12.7. The molecule has 5 rings (SSSR count). The van der Waals surface area contributed by atoms with Crippen molar-refractivity contribution in [1.29, 1.82) is 0 Å². The molecule has 0 spiro atoms. The summed E-state index contributed by atoms with van der Waals surface area (Å²) in [5, 5.41) is 5.48. The average Bonchev–Trinajstić information content (AvgIpc) is 3.22. The standard InChI is InChI=1S/C26H28N2O/c29-26(24-12-11-20-7-1-2-8-21(20)14-24)27-17-19-6-5-13-28(18-19)25-15-22-9-3-4-10-23(22)16-25/h1-4,7-12,14,19,25H,5-6,13,15-18H2,(H,27,29). The van der Waals surface area contributed by atoms with Gasteiger partial charge < -0.3 is 5.32 Å². The van der Waals surface area contributed by atoms with Crippen LogP contribution in [-0.2, 0) is 12.8 Å². The molecule has 3 heteroatoms. The minimum atomic E-state index is 0.0427. The highest BCUT2D eigenvalue weighted by Crippen LogP contribution is 2.28. The number of carbonyl (C=O) groups is 1. The zero-order valence-corrected chi connectivity index (χ0v) is 16.8. The van der Waals surface area contributed by atoms with Crippen LogP contribution in [0.25, 0.3) is 10.8 Å². The number of benzene rings is 3. The number of carbonyl (C=O) groups excluding carboxylic acids is 1. The first kappa shape index (κ1) is 18.4. The van der Waals surface area contributed by atoms with E-state index < -0.39 is 0 Å². The number of fused-ring (bicyclic) bond motifs is 2. The van der Waals surface area contributed by atoms with Crippen LogP contribution >= 0.6 is 0 Å². The number of likely N-dealkylation sites (tertiary alicyclic amines) is 1. The van der Waals surface area contributed by atoms with E-state index in [1.54, 1.807) is 0 Å². The smallest absolute Gasteiger partial charge is 0.251 e. The lowest BCUT2D eigenvalue weighted by Gasteiger charge is -2.37. The van der Waals surface area contributed by atoms with Crippen LogP contribution in [0.15, 0.2) is 66.7 Å². The molecule has 1 N–H and O–H groups in total. The van der Waals surface area contributed by atoms with Gasteiger partial charge in [-0.1, -0.05) is 54.6 Å². The van der Waals surface area contributed by atoms with Crippen molar-refractivity contribution in [3.8, 4) is 0 Å². The van der Waals surface area contributed by atoms with Crippen molar-refractivity contribution in [2.75, 3.05) is 19.6 Å². The Labute approximate surface area is 172 Å². The predicted molar refractivity (Wildman–Crippen MR) is 118 cm³/mol. The van der Waals surface area contributed by atoms with Gasteiger partial charge in [-0.3, -0.25) is 9.69 Å². The van der Waals surface area contributed by atoms with Gasteiger partial charge in [0, 0.05) is 24.7 Å². The monoisotopic (exact) mass is 384 g/mol. The maximum atomic E-state index is 12.7. The molecule has 1 fully saturated rings. The Morgan fingerprint density at radius 2 is 1.66 bits per heavy atom. The fourth-order valence-electron chi connectivity index (χ4n) is 5.06. The van der Waals surface area contributed by atoms with Gasteiger partial charge in [0.1, 0.15) is 0 Å². The van der Waals surface area contributed by atoms with Gasteiger partial charge in [-0.05, 0) is 72.2 Å². The third-order valence-corrected chi connectivity index (χ3v) is 6.66. The van der Waals surface area contributed by atoms with Crippen molar-refractivity contribution < 1.29 is 4.79 Å². The lowest BCUT2D eigenvalue weighted by atomic mass is 9.95. The first-order chi connectivity index (χ1) is 14.3. The molecule has 0 bridgehead atoms. The minimum Gasteiger partial charge on any atom is -0.352 e. The first-order valence-electron chi connectivity index (χ1n) is 10.8. The number of rotatable bonds is 4. The normalized spacial score (nSPS) is 19.9. The molecule has 3 aromatic carbocycles. The third kappa shape index (κ3) is 3.92. The van der Waals surface area contributed by atoms with Crippen LogP contribution in [0.1, 0.15) is 34.3 Å². The molecule has 3 nitrogen and oxygen atoms in total. The minimum absolute atomic E-state index is 0.0427. The fourth-order valence-corrected chi connectivity index (χ4v) is 5.06. The molecular weight excluding hydrogens is 356 g/mol. The Kier molecular flexibility index (Phi) is 5.07. The van der Waals surface area contributed by atoms with E-state index >= 15 is 0 Å². The van der Waals surface area contributed by atoms with Crippen LogP contribution in [0.2, 0.25) is 0 Å². The van der Waals surface area contributed by atoms with Gasteiger partial charge in [0.15, 0.2) is 0 Å². The van der Waals surface area contributed by atoms with Crippen molar-refractivity contribution in [2.24, 2.45) is 5.92 Å². The summed E-state index contributed by atoms with van der Waals surface area (Å²) in [5.74, 6) is 0.581. The van der Waals surface area contributed by atoms with E-state index in [1.807, 2.05) is 30.3 Å². The van der Waals surface area contributed by atoms with Gasteiger partial charge >= 0.3 is 0 Å². The summed E-state index contributed by atoms with van der Waals surface area (Å²) < 4.78 is 0. The van der Waals surface area contributed by atoms with Crippen LogP contribution in [0.5, 0.6) is 0 Å². The van der Waals surface area contributed by atoms with E-state index in [0.717, 1.165) is 24.0 Å². The summed E-state index contributed by atoms with van der Waals surface area (Å²) in [6.45, 7) is 3.05. The van der Waals surface area contributed by atoms with E-state index in [-0.39, 0.29) is 5.91 Å². The molecule has 3 aromatic rings. The van der Waals surface area contributed by atoms with Crippen molar-refractivity contribution in [1.82, 2.24) is 10.2 Å². The third-order valence-electron chi connectivity index (χ3n) is 6.66. The summed E-state index contributed by atoms with van der Waals surface area (Å²) in [7, 11) is 0. The molecule has 0 radical (unpaired) electrons. The summed E-state index contributed by atoms with van der Waals surface area (Å²) in [6, 6.07) is 23.6. The molecule has 0 saturated carbocycles. The predicted octanol–water partition coefficient (Wildman–Crippen LogP) is 4.45. The second-order valence-electron chi connectivity index (χ2n) is 8.61. The molecule has 148 valence electrons. The molecule has 1 heterocycles. The van der Waals surface area contributed by atoms with Crippen molar-refractivity contribution in [3.63, 3.8) is 0 Å². The lowest BCUT2D eigenvalue weighted by Crippen LogP contribution is -2.46. The number of nitrogens with one attached hydrogen (secondary N) is 1. The quantitative estimate of drug-likeness (QED) is 0.721. The molecule has 1 aliphatic carbocycles. The lowest BCUT2D eigenvalue weighted by molar-refractivity contribution is 0.0915. The van der Waals surface area contributed by atoms with Gasteiger partial charge in [-0.15, -0.1) is 0 Å². The van der Waals surface area contributed by atoms with E-state index in [4.69, 9.17) is 0 Å². The molecule has 1 saturated heterocycles. The highest BCUT2D eigenvalue weighted by molar-refractivity contribution is 5.98. The van der Waals surface area contributed by atoms with Gasteiger partial charge in [0.2, 0.25) is 0 Å². The molecule has 1 amide bonds. The molecule has 29 heavy (non-hydrogen) atoms. The van der Waals surface area contributed by atoms with E-state index in [1.165, 1.54) is 48.7 Å². The average molecular weight is 385 g/mol. The maximum Gasteiger partial charge on any atom is 0.251 e. The Balaban J connectivity index is 1.18. The molecule has 2 aliphatic rings. The zero-order valence-electron chi connectivity index (χ0n) is 16.8. The fraction of sp³-hybridized carbons (Fsp3) is 0.346. The Bertz CT molecular complexity index is 1000. The van der Waals surface area contributed by atoms with Crippen LogP contribution < -0.4 is 5.32 Å². The zero-order chi connectivity index (χ0) is 19.6. The number of amides is 1. The van der Waals surface area contributed by atoms with Crippen LogP contribution in [0.4, 0.5) is 0 Å². The van der Waals surface area contributed by atoms with Crippen LogP contribution in [0.3, 0.4) is 0 Å². The number of nitrogens with zero attached hydrogens (tertiary/aromatic N) is 1. The molecule has 0 aromatic heterocycles. The Morgan fingerprint density at radius 3 is 2.45 bits per heavy atom. The SMILES string of the molecule is O=C(NCC1CCCN(C2Cc3ccccc3C2)C1)c1ccc2ccccc2c1. The largest absolute Gasteiger partial charge is 0.352 e. The summed E-state index contributed by atoms with van der Waals surface area (Å²) in [6.07, 6.45) is 4.77. The van der Waals surface area contributed by atoms with Crippen molar-refractivity contribution in [3.05, 3.63) is 83.4 Å². The van der Waals surface area contributed by atoms with Gasteiger partial charge in [-0.2, -0.15) is 0 Å². The molecule has 1 atom stereocenters. The van der Waals surface area contributed by atoms with Gasteiger partial charge in [0.05, 0.1) is 0 Å². The van der Waals surface area contributed by atoms with Gasteiger partial charge in [0.25, 0.3) is 5.91 Å². The Morgan fingerprint density at radius 1 is 0.931 bits per heavy atom. The number of piperidine rings is 1. The van der Waals surface area contributed by atoms with E-state index in [9.17, 15) is 4.79 Å². The summed E-state index contributed by atoms with van der Waals surface area (Å²) in [4.78, 5) is 15.4. The van der Waals surface area contributed by atoms with E-state index in [2.05, 4.69) is 46.6 Å². The highest BCUT2D eigenvalue weighted by atomic mass is 16.1.